The fraction of sp³-hybridized carbons (Fsp3) is 0.483. The summed E-state index contributed by atoms with van der Waals surface area (Å²) in [5.74, 6) is 0. The minimum absolute atomic E-state index is 0.204. The molecule has 1 fully saturated rings. The largest absolute Gasteiger partial charge is 0.376 e. The van der Waals surface area contributed by atoms with Crippen LogP contribution in [0.25, 0.3) is 0 Å². The van der Waals surface area contributed by atoms with Gasteiger partial charge in [-0.3, -0.25) is 0 Å². The van der Waals surface area contributed by atoms with Gasteiger partial charge in [-0.05, 0) is 16.5 Å². The lowest BCUT2D eigenvalue weighted by Crippen LogP contribution is -2.51. The van der Waals surface area contributed by atoms with E-state index in [2.05, 4.69) is 26.8 Å². The summed E-state index contributed by atoms with van der Waals surface area (Å²) in [6, 6.07) is 20.1. The van der Waals surface area contributed by atoms with Crippen molar-refractivity contribution in [2.45, 2.75) is 59.2 Å². The highest BCUT2D eigenvalue weighted by atomic mass is 16.6. The number of rotatable bonds is 10. The standard InChI is InChI=1S/C29H36O5/c1-27(2,3)24-16-25-29(17-26(31)34-25,21-33-19-23-12-8-5-9-13-23)28(24,14-15-30)20-32-18-22-10-6-4-7-11-22/h4-13,15-16,25-26,31H,14,17-21H2,1-3H3/t25-,26?,28-,29+/m0/s1. The van der Waals surface area contributed by atoms with Gasteiger partial charge in [-0.2, -0.15) is 0 Å². The Morgan fingerprint density at radius 3 is 2.06 bits per heavy atom. The molecule has 1 aliphatic carbocycles. The number of hydrogen-bond acceptors (Lipinski definition) is 5. The van der Waals surface area contributed by atoms with E-state index in [0.717, 1.165) is 23.0 Å². The lowest BCUT2D eigenvalue weighted by Gasteiger charge is -2.49. The molecule has 1 heterocycles. The van der Waals surface area contributed by atoms with E-state index in [1.807, 2.05) is 60.7 Å². The predicted octanol–water partition coefficient (Wildman–Crippen LogP) is 5.08. The van der Waals surface area contributed by atoms with Crippen molar-refractivity contribution in [3.63, 3.8) is 0 Å². The SMILES string of the molecule is CC(C)(C)C1=C[C@@H]2OC(O)C[C@]2(COCc2ccccc2)[C@@]1(CC=O)COCc1ccccc1. The predicted molar refractivity (Wildman–Crippen MR) is 131 cm³/mol. The summed E-state index contributed by atoms with van der Waals surface area (Å²) in [6.07, 6.45) is 2.54. The van der Waals surface area contributed by atoms with E-state index in [4.69, 9.17) is 14.2 Å². The number of aldehydes is 1. The minimum atomic E-state index is -0.900. The van der Waals surface area contributed by atoms with Gasteiger partial charge in [0.15, 0.2) is 6.29 Å². The Balaban J connectivity index is 1.65. The molecule has 1 aliphatic heterocycles. The van der Waals surface area contributed by atoms with Gasteiger partial charge in [-0.25, -0.2) is 0 Å². The second-order valence-electron chi connectivity index (χ2n) is 10.6. The molecule has 4 atom stereocenters. The molecule has 1 unspecified atom stereocenters. The summed E-state index contributed by atoms with van der Waals surface area (Å²) in [5.41, 5.74) is 1.86. The van der Waals surface area contributed by atoms with Gasteiger partial charge < -0.3 is 24.1 Å². The smallest absolute Gasteiger partial charge is 0.156 e. The Labute approximate surface area is 202 Å². The summed E-state index contributed by atoms with van der Waals surface area (Å²) in [4.78, 5) is 12.2. The molecule has 2 aromatic carbocycles. The van der Waals surface area contributed by atoms with Crippen LogP contribution in [0.4, 0.5) is 0 Å². The van der Waals surface area contributed by atoms with E-state index in [1.54, 1.807) is 0 Å². The number of ether oxygens (including phenoxy) is 3. The third-order valence-electron chi connectivity index (χ3n) is 7.34. The number of fused-ring (bicyclic) bond motifs is 1. The zero-order chi connectivity index (χ0) is 24.2. The Morgan fingerprint density at radius 1 is 0.971 bits per heavy atom. The molecule has 2 aromatic rings. The molecule has 0 amide bonds. The van der Waals surface area contributed by atoms with Crippen molar-refractivity contribution in [3.05, 3.63) is 83.4 Å². The van der Waals surface area contributed by atoms with Gasteiger partial charge in [-0.1, -0.05) is 93.1 Å². The molecule has 5 heteroatoms. The number of aliphatic hydroxyl groups excluding tert-OH is 1. The highest BCUT2D eigenvalue weighted by molar-refractivity contribution is 5.55. The minimum Gasteiger partial charge on any atom is -0.376 e. The van der Waals surface area contributed by atoms with Crippen molar-refractivity contribution >= 4 is 6.29 Å². The first-order valence-electron chi connectivity index (χ1n) is 12.0. The average molecular weight is 465 g/mol. The Hall–Kier alpha value is -2.31. The van der Waals surface area contributed by atoms with Crippen LogP contribution in [0.15, 0.2) is 72.3 Å². The lowest BCUT2D eigenvalue weighted by molar-refractivity contribution is -0.122. The lowest BCUT2D eigenvalue weighted by atomic mass is 9.56. The van der Waals surface area contributed by atoms with Gasteiger partial charge >= 0.3 is 0 Å². The zero-order valence-electron chi connectivity index (χ0n) is 20.4. The van der Waals surface area contributed by atoms with Crippen molar-refractivity contribution in [2.24, 2.45) is 16.2 Å². The fourth-order valence-electron chi connectivity index (χ4n) is 5.85. The van der Waals surface area contributed by atoms with Gasteiger partial charge in [0.05, 0.1) is 32.5 Å². The van der Waals surface area contributed by atoms with E-state index >= 15 is 0 Å². The monoisotopic (exact) mass is 464 g/mol. The first kappa shape index (κ1) is 24.8. The molecular formula is C29H36O5. The quantitative estimate of drug-likeness (QED) is 0.393. The van der Waals surface area contributed by atoms with E-state index in [0.29, 0.717) is 32.8 Å². The Morgan fingerprint density at radius 2 is 1.53 bits per heavy atom. The number of aliphatic hydroxyl groups is 1. The molecule has 1 N–H and O–H groups in total. The number of carbonyl (C=O) groups excluding carboxylic acids is 1. The van der Waals surface area contributed by atoms with Gasteiger partial charge in [0.25, 0.3) is 0 Å². The van der Waals surface area contributed by atoms with Crippen molar-refractivity contribution in [1.82, 2.24) is 0 Å². The third-order valence-corrected chi connectivity index (χ3v) is 7.34. The van der Waals surface area contributed by atoms with Crippen molar-refractivity contribution in [3.8, 4) is 0 Å². The first-order valence-corrected chi connectivity index (χ1v) is 12.0. The van der Waals surface area contributed by atoms with Gasteiger partial charge in [0, 0.05) is 23.7 Å². The van der Waals surface area contributed by atoms with Crippen LogP contribution in [0.1, 0.15) is 44.7 Å². The fourth-order valence-corrected chi connectivity index (χ4v) is 5.85. The van der Waals surface area contributed by atoms with Crippen LogP contribution in [0.2, 0.25) is 0 Å². The van der Waals surface area contributed by atoms with E-state index in [1.165, 1.54) is 0 Å². The highest BCUT2D eigenvalue weighted by Gasteiger charge is 2.66. The van der Waals surface area contributed by atoms with Crippen LogP contribution in [-0.4, -0.2) is 37.0 Å². The Bertz CT molecular complexity index is 981. The second-order valence-corrected chi connectivity index (χ2v) is 10.6. The van der Waals surface area contributed by atoms with Crippen LogP contribution in [0, 0.1) is 16.2 Å². The molecule has 5 nitrogen and oxygen atoms in total. The summed E-state index contributed by atoms with van der Waals surface area (Å²) >= 11 is 0. The molecule has 0 aromatic heterocycles. The number of hydrogen-bond donors (Lipinski definition) is 1. The summed E-state index contributed by atoms with van der Waals surface area (Å²) in [7, 11) is 0. The van der Waals surface area contributed by atoms with E-state index < -0.39 is 17.1 Å². The molecular weight excluding hydrogens is 428 g/mol. The molecule has 182 valence electrons. The maximum Gasteiger partial charge on any atom is 0.156 e. The van der Waals surface area contributed by atoms with Crippen molar-refractivity contribution in [1.29, 1.82) is 0 Å². The van der Waals surface area contributed by atoms with Crippen LogP contribution >= 0.6 is 0 Å². The maximum absolute atomic E-state index is 12.2. The summed E-state index contributed by atoms with van der Waals surface area (Å²) in [5, 5.41) is 10.6. The number of carbonyl (C=O) groups is 1. The van der Waals surface area contributed by atoms with Crippen molar-refractivity contribution in [2.75, 3.05) is 13.2 Å². The molecule has 34 heavy (non-hydrogen) atoms. The number of benzene rings is 2. The van der Waals surface area contributed by atoms with Gasteiger partial charge in [0.1, 0.15) is 6.29 Å². The van der Waals surface area contributed by atoms with Gasteiger partial charge in [-0.15, -0.1) is 0 Å². The Kier molecular flexibility index (Phi) is 7.39. The molecule has 0 spiro atoms. The molecule has 0 bridgehead atoms. The van der Waals surface area contributed by atoms with E-state index in [-0.39, 0.29) is 17.9 Å². The third kappa shape index (κ3) is 4.76. The molecule has 1 saturated heterocycles. The summed E-state index contributed by atoms with van der Waals surface area (Å²) < 4.78 is 18.6. The zero-order valence-corrected chi connectivity index (χ0v) is 20.4. The molecule has 4 rings (SSSR count). The summed E-state index contributed by atoms with van der Waals surface area (Å²) in [6.45, 7) is 8.10. The van der Waals surface area contributed by atoms with Gasteiger partial charge in [0.2, 0.25) is 0 Å². The maximum atomic E-state index is 12.2. The highest BCUT2D eigenvalue weighted by Crippen LogP contribution is 2.65. The van der Waals surface area contributed by atoms with Crippen LogP contribution in [0.3, 0.4) is 0 Å². The second kappa shape index (κ2) is 10.1. The van der Waals surface area contributed by atoms with Crippen molar-refractivity contribution < 1.29 is 24.1 Å². The molecule has 0 radical (unpaired) electrons. The molecule has 0 saturated carbocycles. The van der Waals surface area contributed by atoms with Crippen LogP contribution in [-0.2, 0) is 32.2 Å². The normalized spacial score (nSPS) is 28.5. The van der Waals surface area contributed by atoms with Crippen LogP contribution in [0.5, 0.6) is 0 Å². The van der Waals surface area contributed by atoms with Crippen LogP contribution < -0.4 is 0 Å². The topological polar surface area (TPSA) is 65.0 Å². The first-order chi connectivity index (χ1) is 16.3. The molecule has 2 aliphatic rings. The van der Waals surface area contributed by atoms with E-state index in [9.17, 15) is 9.90 Å². The average Bonchev–Trinajstić information content (AvgIpc) is 3.25.